The number of hydrogen-bond acceptors (Lipinski definition) is 21. The number of esters is 2. The van der Waals surface area contributed by atoms with Crippen LogP contribution in [-0.2, 0) is 66.4 Å². The van der Waals surface area contributed by atoms with Crippen LogP contribution in [0.25, 0.3) is 0 Å². The zero-order valence-corrected chi connectivity index (χ0v) is 54.2. The summed E-state index contributed by atoms with van der Waals surface area (Å²) in [7, 11) is 3.06. The Labute approximate surface area is 550 Å². The number of carbonyl (C=O) groups excluding carboxylic acids is 3. The minimum Gasteiger partial charge on any atom is -0.492 e. The number of carboxylic acids is 1. The second-order valence-corrected chi connectivity index (χ2v) is 21.0. The van der Waals surface area contributed by atoms with Crippen molar-refractivity contribution in [2.75, 3.05) is 186 Å². The van der Waals surface area contributed by atoms with Gasteiger partial charge >= 0.3 is 54.0 Å². The van der Waals surface area contributed by atoms with Crippen molar-refractivity contribution in [2.24, 2.45) is 5.41 Å². The summed E-state index contributed by atoms with van der Waals surface area (Å²) in [4.78, 5) is 50.9. The predicted octanol–water partition coefficient (Wildman–Crippen LogP) is 9.50. The van der Waals surface area contributed by atoms with Gasteiger partial charge in [0.1, 0.15) is 32.2 Å². The molecule has 0 radical (unpaired) electrons. The van der Waals surface area contributed by atoms with Crippen molar-refractivity contribution in [3.05, 3.63) is 47.0 Å². The van der Waals surface area contributed by atoms with Crippen molar-refractivity contribution in [3.8, 4) is 23.0 Å². The standard InChI is InChI=1S/C60H85F14NO22/c1-6-45(97-41-54(3,7-2)40-90-29-28-83-12-8-49(76)77)39-96-50-47(92-32-30-88-26-24-86-22-20-84-18-16-81-4)37-42(38-48(50)93-33-31-89-27-25-87-23-21-85-19-17-82-5)51(78)75-11-15-91-46-35-43(52(79)94-13-9-55(61,57(63,64)65)58(66,67)68)34-44(36-46)53(80)95-14-10-56(62,59(69,70)71)60(72,73)74/h34-38,45H,6-33,39-41H2,1-5H3,(H,75,78)(H,76,77). The number of alkyl halides is 14. The molecule has 2 N–H and O–H groups in total. The molecular formula is C60H85F14NO22. The van der Waals surface area contributed by atoms with Crippen LogP contribution in [0.3, 0.4) is 0 Å². The molecule has 0 spiro atoms. The summed E-state index contributed by atoms with van der Waals surface area (Å²) in [5.41, 5.74) is -14.4. The molecule has 0 aliphatic heterocycles. The van der Waals surface area contributed by atoms with Crippen LogP contribution in [0.5, 0.6) is 23.0 Å². The number of benzene rings is 2. The minimum absolute atomic E-state index is 0.0118. The molecule has 0 saturated carbocycles. The Morgan fingerprint density at radius 1 is 0.454 bits per heavy atom. The van der Waals surface area contributed by atoms with Crippen molar-refractivity contribution in [2.45, 2.75) is 95.0 Å². The Morgan fingerprint density at radius 2 is 0.845 bits per heavy atom. The zero-order chi connectivity index (χ0) is 72.6. The molecule has 0 bridgehead atoms. The molecule has 2 unspecified atom stereocenters. The van der Waals surface area contributed by atoms with Crippen molar-refractivity contribution in [1.29, 1.82) is 0 Å². The Morgan fingerprint density at radius 3 is 1.23 bits per heavy atom. The van der Waals surface area contributed by atoms with Gasteiger partial charge in [-0.15, -0.1) is 0 Å². The van der Waals surface area contributed by atoms with Crippen molar-refractivity contribution >= 4 is 23.8 Å². The van der Waals surface area contributed by atoms with E-state index in [-0.39, 0.29) is 135 Å². The van der Waals surface area contributed by atoms with Gasteiger partial charge in [0.25, 0.3) is 5.91 Å². The van der Waals surface area contributed by atoms with Gasteiger partial charge in [0, 0.05) is 38.0 Å². The number of aliphatic carboxylic acids is 1. The first-order valence-electron chi connectivity index (χ1n) is 30.3. The van der Waals surface area contributed by atoms with Gasteiger partial charge in [-0.2, -0.15) is 52.7 Å². The topological polar surface area (TPSA) is 257 Å². The molecule has 0 saturated heterocycles. The predicted molar refractivity (Wildman–Crippen MR) is 310 cm³/mol. The molecule has 2 atom stereocenters. The molecule has 2 rings (SSSR count). The van der Waals surface area contributed by atoms with Crippen LogP contribution in [0.15, 0.2) is 30.3 Å². The van der Waals surface area contributed by atoms with Crippen LogP contribution >= 0.6 is 0 Å². The van der Waals surface area contributed by atoms with E-state index in [4.69, 9.17) is 76.2 Å². The van der Waals surface area contributed by atoms with Gasteiger partial charge in [-0.25, -0.2) is 18.4 Å². The largest absolute Gasteiger partial charge is 0.492 e. The van der Waals surface area contributed by atoms with E-state index in [1.54, 1.807) is 0 Å². The number of rotatable bonds is 55. The highest BCUT2D eigenvalue weighted by atomic mass is 19.4. The summed E-state index contributed by atoms with van der Waals surface area (Å²) >= 11 is 0. The highest BCUT2D eigenvalue weighted by molar-refractivity contribution is 5.96. The van der Waals surface area contributed by atoms with E-state index < -0.39 is 127 Å². The number of methoxy groups -OCH3 is 2. The summed E-state index contributed by atoms with van der Waals surface area (Å²) in [5, 5.41) is 11.4. The maximum Gasteiger partial charge on any atom is 0.431 e. The van der Waals surface area contributed by atoms with Crippen molar-refractivity contribution < 1.29 is 166 Å². The third-order valence-electron chi connectivity index (χ3n) is 13.5. The van der Waals surface area contributed by atoms with Gasteiger partial charge in [0.2, 0.25) is 5.75 Å². The summed E-state index contributed by atoms with van der Waals surface area (Å²) < 4.78 is 281. The van der Waals surface area contributed by atoms with E-state index in [0.717, 1.165) is 0 Å². The first-order chi connectivity index (χ1) is 45.7. The minimum atomic E-state index is -6.56. The van der Waals surface area contributed by atoms with Crippen LogP contribution < -0.4 is 24.3 Å². The van der Waals surface area contributed by atoms with E-state index in [9.17, 15) is 80.6 Å². The quantitative estimate of drug-likeness (QED) is 0.0355. The molecular weight excluding hydrogens is 1350 g/mol. The van der Waals surface area contributed by atoms with Gasteiger partial charge in [-0.1, -0.05) is 20.8 Å². The lowest BCUT2D eigenvalue weighted by Gasteiger charge is -2.30. The SMILES string of the molecule is CCC(COc1c(OCCOCCOCCOCCOC)cc(C(=O)NCCOc2cc(C(=O)OCCC(F)(C(F)(F)F)C(F)(F)F)cc(C(=O)OCCC(F)(C(F)(F)F)C(F)(F)F)c2)cc1OCCOCCOCCOCCOC)OCC(C)(CC)COCCOCCC(=O)O. The highest BCUT2D eigenvalue weighted by Gasteiger charge is 2.73. The molecule has 2 aromatic rings. The maximum atomic E-state index is 14.3. The number of amides is 1. The summed E-state index contributed by atoms with van der Waals surface area (Å²) in [5.74, 6) is -6.43. The number of nitrogens with one attached hydrogen (secondary N) is 1. The van der Waals surface area contributed by atoms with Crippen molar-refractivity contribution in [3.63, 3.8) is 0 Å². The third-order valence-corrected chi connectivity index (χ3v) is 13.5. The normalized spacial score (nSPS) is 13.4. The third kappa shape index (κ3) is 32.8. The smallest absolute Gasteiger partial charge is 0.431 e. The van der Waals surface area contributed by atoms with Gasteiger partial charge in [-0.3, -0.25) is 9.59 Å². The van der Waals surface area contributed by atoms with E-state index in [2.05, 4.69) is 14.8 Å². The monoisotopic (exact) mass is 1440 g/mol. The molecule has 97 heavy (non-hydrogen) atoms. The second kappa shape index (κ2) is 45.0. The first kappa shape index (κ1) is 87.2. The fourth-order valence-corrected chi connectivity index (χ4v) is 7.55. The molecule has 1 amide bonds. The Balaban J connectivity index is 2.52. The second-order valence-electron chi connectivity index (χ2n) is 21.0. The molecule has 37 heteroatoms. The van der Waals surface area contributed by atoms with E-state index in [0.29, 0.717) is 70.7 Å². The number of hydrogen-bond donors (Lipinski definition) is 2. The number of carbonyl (C=O) groups is 4. The number of carboxylic acid groups (broad SMARTS) is 1. The van der Waals surface area contributed by atoms with Crippen LogP contribution in [0.4, 0.5) is 61.5 Å². The Bertz CT molecular complexity index is 2420. The summed E-state index contributed by atoms with van der Waals surface area (Å²) in [6, 6.07) is 4.22. The highest BCUT2D eigenvalue weighted by Crippen LogP contribution is 2.50. The molecule has 23 nitrogen and oxygen atoms in total. The van der Waals surface area contributed by atoms with E-state index >= 15 is 0 Å². The van der Waals surface area contributed by atoms with Gasteiger partial charge < -0.3 is 90.9 Å². The average Bonchev–Trinajstić information content (AvgIpc) is 0.786. The molecule has 560 valence electrons. The number of ether oxygens (including phenoxy) is 17. The van der Waals surface area contributed by atoms with E-state index in [1.807, 2.05) is 20.8 Å². The number of halogens is 14. The van der Waals surface area contributed by atoms with E-state index in [1.165, 1.54) is 26.4 Å². The van der Waals surface area contributed by atoms with Gasteiger partial charge in [0.15, 0.2) is 11.5 Å². The fourth-order valence-electron chi connectivity index (χ4n) is 7.55. The van der Waals surface area contributed by atoms with Crippen LogP contribution in [0, 0.1) is 5.41 Å². The Kier molecular flexibility index (Phi) is 40.4. The molecule has 0 aliphatic rings. The van der Waals surface area contributed by atoms with Gasteiger partial charge in [0.05, 0.1) is 169 Å². The fraction of sp³-hybridized carbons (Fsp3) is 0.733. The Hall–Kier alpha value is -5.90. The lowest BCUT2D eigenvalue weighted by molar-refractivity contribution is -0.345. The summed E-state index contributed by atoms with van der Waals surface area (Å²) in [6.45, 7) is 4.42. The molecule has 0 fully saturated rings. The average molecular weight is 1440 g/mol. The molecule has 2 aromatic carbocycles. The van der Waals surface area contributed by atoms with Crippen LogP contribution in [0.1, 0.15) is 83.9 Å². The van der Waals surface area contributed by atoms with Crippen LogP contribution in [0.2, 0.25) is 0 Å². The zero-order valence-electron chi connectivity index (χ0n) is 54.2. The maximum absolute atomic E-state index is 14.3. The van der Waals surface area contributed by atoms with Crippen molar-refractivity contribution in [1.82, 2.24) is 5.32 Å². The molecule has 0 heterocycles. The molecule has 0 aliphatic carbocycles. The van der Waals surface area contributed by atoms with Crippen LogP contribution in [-0.4, -0.2) is 257 Å². The lowest BCUT2D eigenvalue weighted by Crippen LogP contribution is -2.53. The first-order valence-corrected chi connectivity index (χ1v) is 30.3. The molecule has 0 aromatic heterocycles. The van der Waals surface area contributed by atoms with Gasteiger partial charge in [-0.05, 0) is 43.2 Å². The summed E-state index contributed by atoms with van der Waals surface area (Å²) in [6.07, 6.45) is -31.0. The lowest BCUT2D eigenvalue weighted by atomic mass is 9.89.